The molecule has 1 heterocycles. The zero-order valence-corrected chi connectivity index (χ0v) is 15.3. The molecule has 1 N–H and O–H groups in total. The van der Waals surface area contributed by atoms with E-state index in [4.69, 9.17) is 0 Å². The highest BCUT2D eigenvalue weighted by atomic mass is 79.9. The molecule has 1 amide bonds. The van der Waals surface area contributed by atoms with E-state index in [1.807, 2.05) is 53.3 Å². The van der Waals surface area contributed by atoms with Crippen LogP contribution in [-0.2, 0) is 6.54 Å². The van der Waals surface area contributed by atoms with Crippen LogP contribution < -0.4 is 5.32 Å². The van der Waals surface area contributed by atoms with E-state index in [-0.39, 0.29) is 5.91 Å². The molecule has 3 rings (SSSR count). The predicted molar refractivity (Wildman–Crippen MR) is 98.5 cm³/mol. The molecule has 0 saturated heterocycles. The Balaban J connectivity index is 1.82. The minimum atomic E-state index is -0.133. The number of amides is 1. The second-order valence-corrected chi connectivity index (χ2v) is 6.65. The minimum Gasteiger partial charge on any atom is -0.345 e. The van der Waals surface area contributed by atoms with Crippen LogP contribution in [0.4, 0.5) is 0 Å². The zero-order valence-electron chi connectivity index (χ0n) is 12.9. The van der Waals surface area contributed by atoms with Crippen molar-refractivity contribution < 1.29 is 4.79 Å². The van der Waals surface area contributed by atoms with Gasteiger partial charge in [0.05, 0.1) is 6.54 Å². The highest BCUT2D eigenvalue weighted by molar-refractivity contribution is 9.10. The van der Waals surface area contributed by atoms with Gasteiger partial charge in [0.25, 0.3) is 5.91 Å². The molecule has 122 valence electrons. The number of hydrogen-bond acceptors (Lipinski definition) is 4. The van der Waals surface area contributed by atoms with Gasteiger partial charge in [-0.1, -0.05) is 45.9 Å². The van der Waals surface area contributed by atoms with Crippen LogP contribution in [0.15, 0.2) is 64.2 Å². The highest BCUT2D eigenvalue weighted by Crippen LogP contribution is 2.21. The zero-order chi connectivity index (χ0) is 16.9. The number of aromatic nitrogens is 3. The van der Waals surface area contributed by atoms with Crippen molar-refractivity contribution in [2.75, 3.05) is 6.26 Å². The molecule has 7 heteroatoms. The van der Waals surface area contributed by atoms with Gasteiger partial charge in [0.2, 0.25) is 0 Å². The van der Waals surface area contributed by atoms with Gasteiger partial charge in [-0.25, -0.2) is 0 Å². The number of nitrogens with zero attached hydrogens (tertiary/aromatic N) is 3. The van der Waals surface area contributed by atoms with Gasteiger partial charge in [0, 0.05) is 15.7 Å². The Morgan fingerprint density at radius 1 is 1.12 bits per heavy atom. The normalized spacial score (nSPS) is 10.6. The van der Waals surface area contributed by atoms with E-state index in [0.29, 0.717) is 17.9 Å². The Bertz CT molecular complexity index is 834. The summed E-state index contributed by atoms with van der Waals surface area (Å²) in [4.78, 5) is 12.2. The van der Waals surface area contributed by atoms with Gasteiger partial charge in [-0.05, 0) is 42.7 Å². The largest absolute Gasteiger partial charge is 0.345 e. The lowest BCUT2D eigenvalue weighted by molar-refractivity contribution is 0.0949. The van der Waals surface area contributed by atoms with E-state index in [1.54, 1.807) is 12.1 Å². The molecule has 0 saturated carbocycles. The molecule has 1 aromatic heterocycles. The highest BCUT2D eigenvalue weighted by Gasteiger charge is 2.14. The van der Waals surface area contributed by atoms with Crippen molar-refractivity contribution in [1.29, 1.82) is 0 Å². The maximum Gasteiger partial charge on any atom is 0.251 e. The molecule has 0 spiro atoms. The summed E-state index contributed by atoms with van der Waals surface area (Å²) >= 11 is 4.95. The Morgan fingerprint density at radius 2 is 1.83 bits per heavy atom. The summed E-state index contributed by atoms with van der Waals surface area (Å²) in [7, 11) is 0. The average molecular weight is 403 g/mol. The second kappa shape index (κ2) is 7.63. The molecule has 2 aromatic carbocycles. The lowest BCUT2D eigenvalue weighted by Crippen LogP contribution is -2.24. The number of benzene rings is 2. The molecule has 0 aliphatic carbocycles. The standard InChI is InChI=1S/C17H15BrN4OS/c1-24-17-21-20-15(22(17)14-9-7-13(18)8-10-14)11-19-16(23)12-5-3-2-4-6-12/h2-10H,11H2,1H3,(H,19,23). The lowest BCUT2D eigenvalue weighted by atomic mass is 10.2. The molecule has 0 aliphatic rings. The Labute approximate surface area is 152 Å². The number of carbonyl (C=O) groups is 1. The molecule has 0 unspecified atom stereocenters. The summed E-state index contributed by atoms with van der Waals surface area (Å²) in [5.41, 5.74) is 1.58. The first-order valence-electron chi connectivity index (χ1n) is 7.26. The first kappa shape index (κ1) is 16.7. The molecule has 0 radical (unpaired) electrons. The van der Waals surface area contributed by atoms with E-state index in [2.05, 4.69) is 31.4 Å². The summed E-state index contributed by atoms with van der Waals surface area (Å²) in [6.07, 6.45) is 1.95. The molecule has 0 bridgehead atoms. The summed E-state index contributed by atoms with van der Waals surface area (Å²) in [6.45, 7) is 0.303. The van der Waals surface area contributed by atoms with Crippen molar-refractivity contribution in [3.8, 4) is 5.69 Å². The summed E-state index contributed by atoms with van der Waals surface area (Å²) in [6, 6.07) is 17.0. The van der Waals surface area contributed by atoms with Gasteiger partial charge >= 0.3 is 0 Å². The number of thioether (sulfide) groups is 1. The summed E-state index contributed by atoms with van der Waals surface area (Å²) in [5, 5.41) is 12.1. The first-order chi connectivity index (χ1) is 11.7. The topological polar surface area (TPSA) is 59.8 Å². The Hall–Kier alpha value is -2.12. The van der Waals surface area contributed by atoms with Crippen molar-refractivity contribution in [1.82, 2.24) is 20.1 Å². The lowest BCUT2D eigenvalue weighted by Gasteiger charge is -2.10. The SMILES string of the molecule is CSc1nnc(CNC(=O)c2ccccc2)n1-c1ccc(Br)cc1. The number of nitrogens with one attached hydrogen (secondary N) is 1. The van der Waals surface area contributed by atoms with Crippen molar-refractivity contribution in [3.05, 3.63) is 70.5 Å². The molecule has 0 atom stereocenters. The van der Waals surface area contributed by atoms with Crippen LogP contribution in [0.1, 0.15) is 16.2 Å². The van der Waals surface area contributed by atoms with E-state index in [0.717, 1.165) is 15.3 Å². The van der Waals surface area contributed by atoms with E-state index in [1.165, 1.54) is 11.8 Å². The molecule has 5 nitrogen and oxygen atoms in total. The number of carbonyl (C=O) groups excluding carboxylic acids is 1. The predicted octanol–water partition coefficient (Wildman–Crippen LogP) is 3.68. The smallest absolute Gasteiger partial charge is 0.251 e. The molecule has 0 aliphatic heterocycles. The van der Waals surface area contributed by atoms with Crippen LogP contribution in [0.5, 0.6) is 0 Å². The fourth-order valence-electron chi connectivity index (χ4n) is 2.25. The molecule has 3 aromatic rings. The second-order valence-electron chi connectivity index (χ2n) is 4.96. The number of rotatable bonds is 5. The van der Waals surface area contributed by atoms with E-state index < -0.39 is 0 Å². The van der Waals surface area contributed by atoms with Gasteiger partial charge in [-0.15, -0.1) is 10.2 Å². The third-order valence-corrected chi connectivity index (χ3v) is 4.57. The van der Waals surface area contributed by atoms with Crippen LogP contribution in [0.25, 0.3) is 5.69 Å². The van der Waals surface area contributed by atoms with Crippen molar-refractivity contribution >= 4 is 33.6 Å². The molecular weight excluding hydrogens is 388 g/mol. The van der Waals surface area contributed by atoms with Crippen LogP contribution in [0.2, 0.25) is 0 Å². The van der Waals surface area contributed by atoms with Gasteiger partial charge in [0.15, 0.2) is 11.0 Å². The molecule has 24 heavy (non-hydrogen) atoms. The minimum absolute atomic E-state index is 0.133. The molecule has 0 fully saturated rings. The van der Waals surface area contributed by atoms with Crippen molar-refractivity contribution in [3.63, 3.8) is 0 Å². The van der Waals surface area contributed by atoms with Crippen molar-refractivity contribution in [2.24, 2.45) is 0 Å². The van der Waals surface area contributed by atoms with Gasteiger partial charge in [-0.3, -0.25) is 9.36 Å². The fourth-order valence-corrected chi connectivity index (χ4v) is 3.03. The first-order valence-corrected chi connectivity index (χ1v) is 9.28. The third-order valence-electron chi connectivity index (χ3n) is 3.41. The number of hydrogen-bond donors (Lipinski definition) is 1. The summed E-state index contributed by atoms with van der Waals surface area (Å²) in [5.74, 6) is 0.553. The average Bonchev–Trinajstić information content (AvgIpc) is 3.04. The van der Waals surface area contributed by atoms with E-state index in [9.17, 15) is 4.79 Å². The quantitative estimate of drug-likeness (QED) is 0.661. The van der Waals surface area contributed by atoms with Crippen molar-refractivity contribution in [2.45, 2.75) is 11.7 Å². The molecular formula is C17H15BrN4OS. The summed E-state index contributed by atoms with van der Waals surface area (Å²) < 4.78 is 2.95. The number of halogens is 1. The Morgan fingerprint density at radius 3 is 2.50 bits per heavy atom. The Kier molecular flexibility index (Phi) is 5.32. The third kappa shape index (κ3) is 3.68. The van der Waals surface area contributed by atoms with Crippen LogP contribution in [0.3, 0.4) is 0 Å². The monoisotopic (exact) mass is 402 g/mol. The van der Waals surface area contributed by atoms with Crippen LogP contribution in [0, 0.1) is 0 Å². The van der Waals surface area contributed by atoms with Crippen LogP contribution in [-0.4, -0.2) is 26.9 Å². The maximum absolute atomic E-state index is 12.2. The van der Waals surface area contributed by atoms with Gasteiger partial charge in [-0.2, -0.15) is 0 Å². The van der Waals surface area contributed by atoms with Crippen LogP contribution >= 0.6 is 27.7 Å². The van der Waals surface area contributed by atoms with Gasteiger partial charge in [0.1, 0.15) is 0 Å². The fraction of sp³-hybridized carbons (Fsp3) is 0.118. The van der Waals surface area contributed by atoms with E-state index >= 15 is 0 Å². The van der Waals surface area contributed by atoms with Gasteiger partial charge < -0.3 is 5.32 Å². The maximum atomic E-state index is 12.2.